The van der Waals surface area contributed by atoms with E-state index < -0.39 is 0 Å². The molecule has 2 unspecified atom stereocenters. The second-order valence-corrected chi connectivity index (χ2v) is 4.90. The quantitative estimate of drug-likeness (QED) is 0.833. The summed E-state index contributed by atoms with van der Waals surface area (Å²) in [6.45, 7) is 2.93. The molecule has 19 heavy (non-hydrogen) atoms. The van der Waals surface area contributed by atoms with E-state index in [1.807, 2.05) is 6.07 Å². The summed E-state index contributed by atoms with van der Waals surface area (Å²) in [5.41, 5.74) is 6.89. The predicted molar refractivity (Wildman–Crippen MR) is 71.2 cm³/mol. The molecule has 0 amide bonds. The number of rotatable bonds is 5. The van der Waals surface area contributed by atoms with E-state index in [1.54, 1.807) is 6.07 Å². The highest BCUT2D eigenvalue weighted by atomic mass is 19.1. The first-order valence-electron chi connectivity index (χ1n) is 6.64. The average Bonchev–Trinajstić information content (AvgIpc) is 2.45. The van der Waals surface area contributed by atoms with E-state index in [1.165, 1.54) is 12.1 Å². The highest BCUT2D eigenvalue weighted by Gasteiger charge is 2.22. The number of benzene rings is 1. The molecule has 0 aliphatic carbocycles. The maximum Gasteiger partial charge on any atom is 0.123 e. The van der Waals surface area contributed by atoms with Crippen molar-refractivity contribution in [3.8, 4) is 0 Å². The Morgan fingerprint density at radius 2 is 2.37 bits per heavy atom. The number of aliphatic hydroxyl groups is 1. The fourth-order valence-corrected chi connectivity index (χ4v) is 2.36. The molecule has 0 spiro atoms. The Kier molecular flexibility index (Phi) is 5.27. The van der Waals surface area contributed by atoms with Gasteiger partial charge in [0.05, 0.1) is 25.9 Å². The molecule has 1 aromatic rings. The molecule has 1 aliphatic rings. The molecule has 2 atom stereocenters. The molecule has 2 rings (SSSR count). The second-order valence-electron chi connectivity index (χ2n) is 4.90. The maximum absolute atomic E-state index is 13.1. The van der Waals surface area contributed by atoms with Crippen LogP contribution in [0.1, 0.15) is 18.0 Å². The molecule has 1 aliphatic heterocycles. The summed E-state index contributed by atoms with van der Waals surface area (Å²) in [4.78, 5) is 2.18. The average molecular weight is 268 g/mol. The Balaban J connectivity index is 1.87. The van der Waals surface area contributed by atoms with Gasteiger partial charge in [-0.25, -0.2) is 4.39 Å². The minimum absolute atomic E-state index is 0.0495. The molecule has 0 bridgehead atoms. The van der Waals surface area contributed by atoms with Crippen LogP contribution in [0.4, 0.5) is 4.39 Å². The van der Waals surface area contributed by atoms with Crippen molar-refractivity contribution in [3.05, 3.63) is 35.6 Å². The third-order valence-corrected chi connectivity index (χ3v) is 3.56. The lowest BCUT2D eigenvalue weighted by molar-refractivity contribution is -0.0282. The molecule has 0 radical (unpaired) electrons. The molecule has 5 heteroatoms. The van der Waals surface area contributed by atoms with Gasteiger partial charge < -0.3 is 15.6 Å². The van der Waals surface area contributed by atoms with E-state index in [4.69, 9.17) is 10.5 Å². The fourth-order valence-electron chi connectivity index (χ4n) is 2.36. The van der Waals surface area contributed by atoms with Crippen molar-refractivity contribution < 1.29 is 14.2 Å². The zero-order valence-corrected chi connectivity index (χ0v) is 11.0. The number of ether oxygens (including phenoxy) is 1. The predicted octanol–water partition coefficient (Wildman–Crippen LogP) is 0.909. The van der Waals surface area contributed by atoms with Crippen molar-refractivity contribution in [2.75, 3.05) is 32.9 Å². The van der Waals surface area contributed by atoms with Crippen LogP contribution in [0, 0.1) is 5.82 Å². The first-order valence-corrected chi connectivity index (χ1v) is 6.64. The van der Waals surface area contributed by atoms with Crippen LogP contribution in [0.3, 0.4) is 0 Å². The van der Waals surface area contributed by atoms with E-state index in [-0.39, 0.29) is 24.5 Å². The molecule has 0 saturated carbocycles. The monoisotopic (exact) mass is 268 g/mol. The van der Waals surface area contributed by atoms with Crippen LogP contribution in [0.25, 0.3) is 0 Å². The lowest BCUT2D eigenvalue weighted by atomic mass is 10.0. The zero-order valence-electron chi connectivity index (χ0n) is 11.0. The van der Waals surface area contributed by atoms with E-state index in [0.717, 1.165) is 25.1 Å². The molecular weight excluding hydrogens is 247 g/mol. The number of morpholine rings is 1. The molecule has 1 heterocycles. The van der Waals surface area contributed by atoms with Crippen LogP contribution >= 0.6 is 0 Å². The second kappa shape index (κ2) is 6.96. The van der Waals surface area contributed by atoms with Gasteiger partial charge in [-0.3, -0.25) is 4.90 Å². The van der Waals surface area contributed by atoms with E-state index in [9.17, 15) is 9.50 Å². The SMILES string of the molecule is NC(CCN1CCOCC1CO)c1cccc(F)c1. The van der Waals surface area contributed by atoms with Crippen LogP contribution in [0.2, 0.25) is 0 Å². The number of hydrogen-bond donors (Lipinski definition) is 2. The third kappa shape index (κ3) is 3.98. The molecule has 1 fully saturated rings. The molecule has 106 valence electrons. The molecule has 0 aromatic heterocycles. The summed E-state index contributed by atoms with van der Waals surface area (Å²) in [5.74, 6) is -0.257. The smallest absolute Gasteiger partial charge is 0.123 e. The fraction of sp³-hybridized carbons (Fsp3) is 0.571. The highest BCUT2D eigenvalue weighted by molar-refractivity contribution is 5.19. The number of nitrogens with zero attached hydrogens (tertiary/aromatic N) is 1. The minimum Gasteiger partial charge on any atom is -0.395 e. The zero-order chi connectivity index (χ0) is 13.7. The van der Waals surface area contributed by atoms with Crippen LogP contribution < -0.4 is 5.73 Å². The summed E-state index contributed by atoms with van der Waals surface area (Å²) >= 11 is 0. The summed E-state index contributed by atoms with van der Waals surface area (Å²) in [5, 5.41) is 9.28. The first-order chi connectivity index (χ1) is 9.20. The van der Waals surface area contributed by atoms with Crippen LogP contribution in [0.5, 0.6) is 0 Å². The van der Waals surface area contributed by atoms with Crippen molar-refractivity contribution >= 4 is 0 Å². The molecule has 3 N–H and O–H groups in total. The van der Waals surface area contributed by atoms with Crippen molar-refractivity contribution in [2.24, 2.45) is 5.73 Å². The lowest BCUT2D eigenvalue weighted by Crippen LogP contribution is -2.48. The van der Waals surface area contributed by atoms with Gasteiger partial charge in [0.1, 0.15) is 5.82 Å². The van der Waals surface area contributed by atoms with Crippen LogP contribution in [-0.4, -0.2) is 49.0 Å². The first kappa shape index (κ1) is 14.4. The largest absolute Gasteiger partial charge is 0.395 e. The summed E-state index contributed by atoms with van der Waals surface area (Å²) in [7, 11) is 0. The lowest BCUT2D eigenvalue weighted by Gasteiger charge is -2.34. The Hall–Kier alpha value is -1.01. The normalized spacial score (nSPS) is 22.4. The standard InChI is InChI=1S/C14H21FN2O2/c15-12-3-1-2-11(8-12)14(16)4-5-17-6-7-19-10-13(17)9-18/h1-3,8,13-14,18H,4-7,9-10,16H2. The van der Waals surface area contributed by atoms with Crippen LogP contribution in [-0.2, 0) is 4.74 Å². The maximum atomic E-state index is 13.1. The number of aliphatic hydroxyl groups excluding tert-OH is 1. The van der Waals surface area contributed by atoms with E-state index in [2.05, 4.69) is 4.90 Å². The molecule has 1 saturated heterocycles. The van der Waals surface area contributed by atoms with Gasteiger partial charge in [0.2, 0.25) is 0 Å². The number of nitrogens with two attached hydrogens (primary N) is 1. The van der Waals surface area contributed by atoms with Gasteiger partial charge in [-0.1, -0.05) is 12.1 Å². The van der Waals surface area contributed by atoms with Crippen LogP contribution in [0.15, 0.2) is 24.3 Å². The van der Waals surface area contributed by atoms with Gasteiger partial charge in [0, 0.05) is 19.1 Å². The van der Waals surface area contributed by atoms with Gasteiger partial charge in [0.15, 0.2) is 0 Å². The van der Waals surface area contributed by atoms with Gasteiger partial charge in [-0.15, -0.1) is 0 Å². The van der Waals surface area contributed by atoms with Gasteiger partial charge >= 0.3 is 0 Å². The number of hydrogen-bond acceptors (Lipinski definition) is 4. The van der Waals surface area contributed by atoms with Crippen molar-refractivity contribution in [1.29, 1.82) is 0 Å². The van der Waals surface area contributed by atoms with Gasteiger partial charge in [0.25, 0.3) is 0 Å². The molecule has 4 nitrogen and oxygen atoms in total. The van der Waals surface area contributed by atoms with E-state index >= 15 is 0 Å². The summed E-state index contributed by atoms with van der Waals surface area (Å²) in [6.07, 6.45) is 0.736. The van der Waals surface area contributed by atoms with Crippen molar-refractivity contribution in [3.63, 3.8) is 0 Å². The topological polar surface area (TPSA) is 58.7 Å². The minimum atomic E-state index is -0.257. The van der Waals surface area contributed by atoms with Crippen molar-refractivity contribution in [2.45, 2.75) is 18.5 Å². The van der Waals surface area contributed by atoms with Gasteiger partial charge in [-0.05, 0) is 24.1 Å². The Labute approximate surface area is 113 Å². The Bertz CT molecular complexity index is 403. The third-order valence-electron chi connectivity index (χ3n) is 3.56. The summed E-state index contributed by atoms with van der Waals surface area (Å²) in [6, 6.07) is 6.28. The Morgan fingerprint density at radius 1 is 1.53 bits per heavy atom. The number of halogens is 1. The highest BCUT2D eigenvalue weighted by Crippen LogP contribution is 2.17. The van der Waals surface area contributed by atoms with E-state index in [0.29, 0.717) is 13.2 Å². The molecular formula is C14H21FN2O2. The molecule has 1 aromatic carbocycles. The van der Waals surface area contributed by atoms with Gasteiger partial charge in [-0.2, -0.15) is 0 Å². The Morgan fingerprint density at radius 3 is 3.11 bits per heavy atom. The summed E-state index contributed by atoms with van der Waals surface area (Å²) < 4.78 is 18.5. The van der Waals surface area contributed by atoms with Crippen molar-refractivity contribution in [1.82, 2.24) is 4.90 Å².